The van der Waals surface area contributed by atoms with Crippen LogP contribution in [-0.2, 0) is 34.5 Å². The van der Waals surface area contributed by atoms with Gasteiger partial charge in [-0.2, -0.15) is 0 Å². The fourth-order valence-electron chi connectivity index (χ4n) is 18.8. The molecule has 19 rings (SSSR count). The van der Waals surface area contributed by atoms with Gasteiger partial charge in [-0.15, -0.1) is 0 Å². The highest BCUT2D eigenvalue weighted by Crippen LogP contribution is 2.57. The molecule has 592 valence electrons. The van der Waals surface area contributed by atoms with E-state index in [0.29, 0.717) is 0 Å². The summed E-state index contributed by atoms with van der Waals surface area (Å²) in [6, 6.07) is 163. The summed E-state index contributed by atoms with van der Waals surface area (Å²) >= 11 is 0. The van der Waals surface area contributed by atoms with Crippen molar-refractivity contribution in [2.24, 2.45) is 0 Å². The maximum atomic E-state index is 2.54. The second-order valence-corrected chi connectivity index (χ2v) is 34.9. The second-order valence-electron chi connectivity index (χ2n) is 34.9. The second kappa shape index (κ2) is 32.4. The Labute approximate surface area is 719 Å². The van der Waals surface area contributed by atoms with Crippen LogP contribution >= 0.6 is 0 Å². The lowest BCUT2D eigenvalue weighted by atomic mass is 9.78. The molecular weight excluding hydrogens is 1470 g/mol. The fourth-order valence-corrected chi connectivity index (χ4v) is 18.8. The largest absolute Gasteiger partial charge is 0.310 e. The summed E-state index contributed by atoms with van der Waals surface area (Å²) in [5, 5.41) is 9.17. The van der Waals surface area contributed by atoms with E-state index in [1.54, 1.807) is 0 Å². The lowest BCUT2D eigenvalue weighted by molar-refractivity contribution is 0.641. The molecule has 4 heteroatoms. The molecule has 0 aliphatic heterocycles. The molecule has 0 fully saturated rings. The molecule has 0 unspecified atom stereocenters. The van der Waals surface area contributed by atoms with Crippen LogP contribution in [0.2, 0.25) is 0 Å². The van der Waals surface area contributed by atoms with Crippen LogP contribution in [0, 0.1) is 0 Å². The van der Waals surface area contributed by atoms with Crippen molar-refractivity contribution < 1.29 is 0 Å². The van der Waals surface area contributed by atoms with Crippen molar-refractivity contribution >= 4 is 111 Å². The Morgan fingerprint density at radius 1 is 0.148 bits per heavy atom. The van der Waals surface area contributed by atoms with Gasteiger partial charge in [0.2, 0.25) is 0 Å². The van der Waals surface area contributed by atoms with E-state index in [2.05, 4.69) is 512 Å². The molecule has 0 spiro atoms. The molecule has 0 radical (unpaired) electrons. The Morgan fingerprint density at radius 2 is 0.311 bits per heavy atom. The van der Waals surface area contributed by atoms with Crippen molar-refractivity contribution in [2.45, 2.75) is 89.9 Å². The number of para-hydroxylation sites is 2. The first kappa shape index (κ1) is 77.6. The molecule has 0 heterocycles. The SMILES string of the molecule is CC(C)(c1ccccc1)c1ccc(N(c2ccccc2)c2ccc3c4ccc(N(c5ccc(Cc6ccccc6)cc5)c5ccc(C(C)(C)c6ccccc6)cc5)c5c(N(c6ccc(Cc7ccccc7)cc6)c6ccc(C(C)(C)c7ccccc7)cc6)ccc(c6ccc(N(c7ccccc7)c7ccc(C(C)(C)c8ccccc8)cc7)c2c36)c54)cc1. The summed E-state index contributed by atoms with van der Waals surface area (Å²) in [6.07, 6.45) is 1.63. The first-order chi connectivity index (χ1) is 59.5. The van der Waals surface area contributed by atoms with Crippen molar-refractivity contribution in [2.75, 3.05) is 19.6 Å². The number of hydrogen-bond acceptors (Lipinski definition) is 4. The zero-order chi connectivity index (χ0) is 83.1. The average Bonchev–Trinajstić information content (AvgIpc) is 0.692. The maximum absolute atomic E-state index is 2.54. The van der Waals surface area contributed by atoms with Gasteiger partial charge in [0.25, 0.3) is 0 Å². The lowest BCUT2D eigenvalue weighted by Gasteiger charge is -2.34. The van der Waals surface area contributed by atoms with Crippen LogP contribution in [0.1, 0.15) is 122 Å². The van der Waals surface area contributed by atoms with Gasteiger partial charge in [-0.3, -0.25) is 0 Å². The van der Waals surface area contributed by atoms with Gasteiger partial charge in [-0.25, -0.2) is 0 Å². The van der Waals surface area contributed by atoms with E-state index < -0.39 is 0 Å². The van der Waals surface area contributed by atoms with Gasteiger partial charge in [0.05, 0.1) is 22.7 Å². The molecular formula is C118H100N4. The highest BCUT2D eigenvalue weighted by Gasteiger charge is 2.33. The smallest absolute Gasteiger partial charge is 0.0561 e. The van der Waals surface area contributed by atoms with Crippen LogP contribution in [0.3, 0.4) is 0 Å². The van der Waals surface area contributed by atoms with Crippen molar-refractivity contribution in [1.29, 1.82) is 0 Å². The summed E-state index contributed by atoms with van der Waals surface area (Å²) in [6.45, 7) is 18.7. The van der Waals surface area contributed by atoms with Gasteiger partial charge < -0.3 is 19.6 Å². The first-order valence-electron chi connectivity index (χ1n) is 43.0. The Balaban J connectivity index is 0.906. The summed E-state index contributed by atoms with van der Waals surface area (Å²) in [5.74, 6) is 0. The number of benzene rings is 19. The summed E-state index contributed by atoms with van der Waals surface area (Å²) in [5.41, 5.74) is 26.6. The third-order valence-electron chi connectivity index (χ3n) is 26.1. The van der Waals surface area contributed by atoms with Crippen molar-refractivity contribution in [3.63, 3.8) is 0 Å². The molecule has 0 N–H and O–H groups in total. The van der Waals surface area contributed by atoms with Gasteiger partial charge in [0.1, 0.15) is 0 Å². The number of anilines is 12. The molecule has 0 amide bonds. The lowest BCUT2D eigenvalue weighted by Crippen LogP contribution is -2.19. The molecule has 0 saturated carbocycles. The van der Waals surface area contributed by atoms with Gasteiger partial charge in [-0.1, -0.05) is 371 Å². The van der Waals surface area contributed by atoms with Crippen LogP contribution in [-0.4, -0.2) is 0 Å². The zero-order valence-electron chi connectivity index (χ0n) is 70.8. The average molecular weight is 1570 g/mol. The molecule has 0 saturated heterocycles. The standard InChI is InChI=1S/C118H100N4/c1-115(2,87-37-21-11-22-38-87)91-53-65-99(66-54-91)119(95-45-29-15-30-46-95)107-77-73-103-105-75-79-109(121(97-61-49-85(50-62-97)81-83-33-17-9-18-34-83)101-69-57-93(58-70-101)117(5,6)89-41-25-13-26-42-89)114-110(122(98-63-51-86(52-64-98)82-84-35-19-10-20-36-84)102-71-59-94(60-72-102)118(7,8)90-43-27-14-28-44-90)80-76-106(112(105)114)104-74-78-108(113(107)111(103)104)120(96-47-31-16-32-48-96)100-67-55-92(56-68-100)116(3,4)88-39-23-12-24-40-88/h9-80H,81-82H2,1-8H3. The van der Waals surface area contributed by atoms with E-state index in [0.717, 1.165) is 113 Å². The third kappa shape index (κ3) is 14.6. The van der Waals surface area contributed by atoms with E-state index in [1.165, 1.54) is 77.5 Å². The molecule has 0 atom stereocenters. The van der Waals surface area contributed by atoms with Gasteiger partial charge in [0, 0.05) is 88.7 Å². The predicted octanol–water partition coefficient (Wildman–Crippen LogP) is 32.1. The van der Waals surface area contributed by atoms with E-state index >= 15 is 0 Å². The maximum Gasteiger partial charge on any atom is 0.0561 e. The van der Waals surface area contributed by atoms with E-state index in [4.69, 9.17) is 0 Å². The normalized spacial score (nSPS) is 12.0. The molecule has 0 bridgehead atoms. The molecule has 19 aromatic rings. The van der Waals surface area contributed by atoms with Crippen LogP contribution in [0.15, 0.2) is 437 Å². The highest BCUT2D eigenvalue weighted by molar-refractivity contribution is 6.38. The topological polar surface area (TPSA) is 13.0 Å². The Hall–Kier alpha value is -14.3. The Bertz CT molecular complexity index is 6410. The number of hydrogen-bond donors (Lipinski definition) is 0. The minimum absolute atomic E-state index is 0.260. The molecule has 0 aliphatic rings. The van der Waals surface area contributed by atoms with Crippen LogP contribution in [0.5, 0.6) is 0 Å². The monoisotopic (exact) mass is 1570 g/mol. The Kier molecular flexibility index (Phi) is 20.6. The first-order valence-corrected chi connectivity index (χ1v) is 43.0. The van der Waals surface area contributed by atoms with Gasteiger partial charge >= 0.3 is 0 Å². The van der Waals surface area contributed by atoms with E-state index in [9.17, 15) is 0 Å². The quantitative estimate of drug-likeness (QED) is 0.0441. The fraction of sp³-hybridized carbons (Fsp3) is 0.119. The summed E-state index contributed by atoms with van der Waals surface area (Å²) in [4.78, 5) is 10.1. The minimum Gasteiger partial charge on any atom is -0.310 e. The summed E-state index contributed by atoms with van der Waals surface area (Å²) in [7, 11) is 0. The van der Waals surface area contributed by atoms with Crippen molar-refractivity contribution in [3.8, 4) is 0 Å². The molecule has 0 aliphatic carbocycles. The molecule has 122 heavy (non-hydrogen) atoms. The van der Waals surface area contributed by atoms with E-state index in [-0.39, 0.29) is 21.7 Å². The van der Waals surface area contributed by atoms with Crippen LogP contribution in [0.25, 0.3) is 43.1 Å². The number of nitrogens with zero attached hydrogens (tertiary/aromatic N) is 4. The van der Waals surface area contributed by atoms with E-state index in [1.807, 2.05) is 0 Å². The van der Waals surface area contributed by atoms with Gasteiger partial charge in [-0.05, 0) is 222 Å². The van der Waals surface area contributed by atoms with Gasteiger partial charge in [0.15, 0.2) is 0 Å². The van der Waals surface area contributed by atoms with Crippen LogP contribution in [0.4, 0.5) is 68.2 Å². The molecule has 19 aromatic carbocycles. The van der Waals surface area contributed by atoms with Crippen molar-refractivity contribution in [3.05, 3.63) is 504 Å². The molecule has 0 aromatic heterocycles. The highest BCUT2D eigenvalue weighted by atomic mass is 15.2. The summed E-state index contributed by atoms with van der Waals surface area (Å²) < 4.78 is 0. The molecule has 4 nitrogen and oxygen atoms in total. The minimum atomic E-state index is -0.279. The third-order valence-corrected chi connectivity index (χ3v) is 26.1. The Morgan fingerprint density at radius 3 is 0.525 bits per heavy atom. The number of fused-ring (bicyclic) bond motifs is 2. The zero-order valence-corrected chi connectivity index (χ0v) is 70.8. The van der Waals surface area contributed by atoms with Crippen LogP contribution < -0.4 is 19.6 Å². The number of rotatable bonds is 24. The van der Waals surface area contributed by atoms with Crippen molar-refractivity contribution in [1.82, 2.24) is 0 Å². The predicted molar refractivity (Wildman–Crippen MR) is 519 cm³/mol.